The molecule has 5 nitrogen and oxygen atoms in total. The number of piperidine rings is 1. The van der Waals surface area contributed by atoms with Crippen LogP contribution in [0.3, 0.4) is 0 Å². The molecule has 0 aliphatic carbocycles. The van der Waals surface area contributed by atoms with E-state index in [1.807, 2.05) is 18.2 Å². The second-order valence-corrected chi connectivity index (χ2v) is 8.43. The van der Waals surface area contributed by atoms with Crippen molar-refractivity contribution in [3.05, 3.63) is 96.1 Å². The van der Waals surface area contributed by atoms with Crippen molar-refractivity contribution in [2.45, 2.75) is 32.0 Å². The van der Waals surface area contributed by atoms with Gasteiger partial charge in [0.25, 0.3) is 0 Å². The fourth-order valence-electron chi connectivity index (χ4n) is 4.32. The Morgan fingerprint density at radius 2 is 1.41 bits per heavy atom. The van der Waals surface area contributed by atoms with Crippen molar-refractivity contribution in [3.8, 4) is 0 Å². The molecule has 4 aromatic rings. The Morgan fingerprint density at radius 1 is 0.750 bits per heavy atom. The van der Waals surface area contributed by atoms with Gasteiger partial charge in [0.15, 0.2) is 0 Å². The molecular formula is C27H29N5. The van der Waals surface area contributed by atoms with Crippen molar-refractivity contribution in [1.29, 1.82) is 0 Å². The van der Waals surface area contributed by atoms with Crippen LogP contribution in [0.5, 0.6) is 0 Å². The Bertz CT molecular complexity index is 1140. The largest absolute Gasteiger partial charge is 0.365 e. The topological polar surface area (TPSA) is 53.1 Å². The lowest BCUT2D eigenvalue weighted by molar-refractivity contribution is 0.211. The summed E-state index contributed by atoms with van der Waals surface area (Å²) in [6, 6.07) is 29.7. The molecule has 2 heterocycles. The van der Waals surface area contributed by atoms with Crippen molar-refractivity contribution >= 4 is 22.7 Å². The number of likely N-dealkylation sites (tertiary alicyclic amines) is 1. The maximum Gasteiger partial charge on any atom is 0.225 e. The zero-order valence-electron chi connectivity index (χ0n) is 18.2. The summed E-state index contributed by atoms with van der Waals surface area (Å²) >= 11 is 0. The number of para-hydroxylation sites is 1. The summed E-state index contributed by atoms with van der Waals surface area (Å²) in [6.07, 6.45) is 2.19. The van der Waals surface area contributed by atoms with Crippen LogP contribution in [0.15, 0.2) is 84.9 Å². The highest BCUT2D eigenvalue weighted by molar-refractivity contribution is 5.90. The van der Waals surface area contributed by atoms with Gasteiger partial charge < -0.3 is 10.6 Å². The Hall–Kier alpha value is -3.44. The van der Waals surface area contributed by atoms with Crippen molar-refractivity contribution in [3.63, 3.8) is 0 Å². The fourth-order valence-corrected chi connectivity index (χ4v) is 4.32. The van der Waals surface area contributed by atoms with Gasteiger partial charge in [0.2, 0.25) is 5.95 Å². The number of benzene rings is 3. The second kappa shape index (κ2) is 9.79. The molecule has 0 unspecified atom stereocenters. The van der Waals surface area contributed by atoms with E-state index in [2.05, 4.69) is 82.3 Å². The van der Waals surface area contributed by atoms with Gasteiger partial charge in [0.05, 0.1) is 5.52 Å². The highest BCUT2D eigenvalue weighted by Crippen LogP contribution is 2.24. The quantitative estimate of drug-likeness (QED) is 0.421. The van der Waals surface area contributed by atoms with Crippen LogP contribution in [0.25, 0.3) is 10.9 Å². The van der Waals surface area contributed by atoms with Crippen LogP contribution in [0, 0.1) is 0 Å². The molecule has 1 aliphatic heterocycles. The van der Waals surface area contributed by atoms with E-state index in [0.717, 1.165) is 55.7 Å². The van der Waals surface area contributed by atoms with E-state index < -0.39 is 0 Å². The Balaban J connectivity index is 1.25. The number of nitrogens with one attached hydrogen (secondary N) is 2. The number of fused-ring (bicyclic) bond motifs is 1. The maximum atomic E-state index is 4.85. The van der Waals surface area contributed by atoms with Crippen molar-refractivity contribution < 1.29 is 0 Å². The summed E-state index contributed by atoms with van der Waals surface area (Å²) in [7, 11) is 0. The number of aromatic nitrogens is 2. The molecule has 1 fully saturated rings. The molecule has 162 valence electrons. The summed E-state index contributed by atoms with van der Waals surface area (Å²) in [5.74, 6) is 1.59. The van der Waals surface area contributed by atoms with E-state index >= 15 is 0 Å². The maximum absolute atomic E-state index is 4.85. The van der Waals surface area contributed by atoms with Crippen molar-refractivity contribution in [1.82, 2.24) is 14.9 Å². The lowest BCUT2D eigenvalue weighted by Crippen LogP contribution is -2.39. The van der Waals surface area contributed by atoms with Gasteiger partial charge in [0, 0.05) is 37.6 Å². The standard InChI is InChI=1S/C27H29N5/c1-3-9-21(10-4-1)19-28-26-24-13-7-8-14-25(24)30-27(31-26)29-23-15-17-32(18-16-23)20-22-11-5-2-6-12-22/h1-14,23H,15-20H2,(H2,28,29,30,31). The first-order valence-corrected chi connectivity index (χ1v) is 11.4. The van der Waals surface area contributed by atoms with Gasteiger partial charge in [-0.3, -0.25) is 4.90 Å². The predicted molar refractivity (Wildman–Crippen MR) is 132 cm³/mol. The monoisotopic (exact) mass is 423 g/mol. The predicted octanol–water partition coefficient (Wildman–Crippen LogP) is 5.32. The van der Waals surface area contributed by atoms with Crippen molar-refractivity contribution in [2.75, 3.05) is 23.7 Å². The average Bonchev–Trinajstić information content (AvgIpc) is 2.85. The lowest BCUT2D eigenvalue weighted by Gasteiger charge is -2.32. The zero-order valence-corrected chi connectivity index (χ0v) is 18.2. The number of nitrogens with zero attached hydrogens (tertiary/aromatic N) is 3. The minimum atomic E-state index is 0.394. The zero-order chi connectivity index (χ0) is 21.6. The van der Waals surface area contributed by atoms with E-state index in [1.165, 1.54) is 11.1 Å². The van der Waals surface area contributed by atoms with Crippen LogP contribution in [-0.4, -0.2) is 34.0 Å². The van der Waals surface area contributed by atoms with Crippen LogP contribution in [0.2, 0.25) is 0 Å². The first-order chi connectivity index (χ1) is 15.8. The summed E-state index contributed by atoms with van der Waals surface area (Å²) in [6.45, 7) is 3.92. The van der Waals surface area contributed by atoms with Gasteiger partial charge in [-0.15, -0.1) is 0 Å². The van der Waals surface area contributed by atoms with E-state index in [-0.39, 0.29) is 0 Å². The molecule has 5 rings (SSSR count). The first-order valence-electron chi connectivity index (χ1n) is 11.4. The van der Waals surface area contributed by atoms with Gasteiger partial charge >= 0.3 is 0 Å². The second-order valence-electron chi connectivity index (χ2n) is 8.43. The van der Waals surface area contributed by atoms with Crippen LogP contribution in [-0.2, 0) is 13.1 Å². The number of rotatable bonds is 7. The number of hydrogen-bond acceptors (Lipinski definition) is 5. The number of hydrogen-bond donors (Lipinski definition) is 2. The van der Waals surface area contributed by atoms with Gasteiger partial charge in [0.1, 0.15) is 5.82 Å². The van der Waals surface area contributed by atoms with E-state index in [4.69, 9.17) is 9.97 Å². The smallest absolute Gasteiger partial charge is 0.225 e. The molecule has 1 aromatic heterocycles. The normalized spacial score (nSPS) is 15.0. The molecule has 3 aromatic carbocycles. The highest BCUT2D eigenvalue weighted by Gasteiger charge is 2.20. The van der Waals surface area contributed by atoms with Crippen LogP contribution in [0.1, 0.15) is 24.0 Å². The van der Waals surface area contributed by atoms with E-state index in [1.54, 1.807) is 0 Å². The lowest BCUT2D eigenvalue weighted by atomic mass is 10.0. The van der Waals surface area contributed by atoms with Crippen molar-refractivity contribution in [2.24, 2.45) is 0 Å². The van der Waals surface area contributed by atoms with Gasteiger partial charge in [-0.2, -0.15) is 4.98 Å². The molecule has 0 bridgehead atoms. The molecule has 0 atom stereocenters. The molecule has 1 aliphatic rings. The van der Waals surface area contributed by atoms with E-state index in [0.29, 0.717) is 12.0 Å². The minimum absolute atomic E-state index is 0.394. The SMILES string of the molecule is c1ccc(CNc2nc(NC3CCN(Cc4ccccc4)CC3)nc3ccccc23)cc1. The van der Waals surface area contributed by atoms with E-state index in [9.17, 15) is 0 Å². The summed E-state index contributed by atoms with van der Waals surface area (Å²) < 4.78 is 0. The van der Waals surface area contributed by atoms with Crippen LogP contribution in [0.4, 0.5) is 11.8 Å². The molecule has 2 N–H and O–H groups in total. The average molecular weight is 424 g/mol. The molecule has 0 radical (unpaired) electrons. The molecule has 0 amide bonds. The summed E-state index contributed by atoms with van der Waals surface area (Å²) in [5.41, 5.74) is 3.57. The Morgan fingerprint density at radius 3 is 2.16 bits per heavy atom. The molecular weight excluding hydrogens is 394 g/mol. The molecule has 0 spiro atoms. The molecule has 32 heavy (non-hydrogen) atoms. The highest BCUT2D eigenvalue weighted by atomic mass is 15.2. The van der Waals surface area contributed by atoms with Crippen LogP contribution < -0.4 is 10.6 Å². The number of anilines is 2. The third-order valence-electron chi connectivity index (χ3n) is 6.08. The Kier molecular flexibility index (Phi) is 6.26. The fraction of sp³-hybridized carbons (Fsp3) is 0.259. The molecule has 1 saturated heterocycles. The van der Waals surface area contributed by atoms with Gasteiger partial charge in [-0.25, -0.2) is 4.98 Å². The molecule has 0 saturated carbocycles. The minimum Gasteiger partial charge on any atom is -0.365 e. The third-order valence-corrected chi connectivity index (χ3v) is 6.08. The van der Waals surface area contributed by atoms with Gasteiger partial charge in [-0.1, -0.05) is 72.8 Å². The van der Waals surface area contributed by atoms with Crippen LogP contribution >= 0.6 is 0 Å². The Labute approximate surface area is 189 Å². The summed E-state index contributed by atoms with van der Waals surface area (Å²) in [4.78, 5) is 12.2. The van der Waals surface area contributed by atoms with Gasteiger partial charge in [-0.05, 0) is 36.1 Å². The summed E-state index contributed by atoms with van der Waals surface area (Å²) in [5, 5.41) is 8.17. The third kappa shape index (κ3) is 5.06. The molecule has 5 heteroatoms. The first kappa shape index (κ1) is 20.5.